The van der Waals surface area contributed by atoms with Gasteiger partial charge >= 0.3 is 0 Å². The summed E-state index contributed by atoms with van der Waals surface area (Å²) in [5.74, 6) is -0.0313. The average molecular weight is 390 g/mol. The van der Waals surface area contributed by atoms with Gasteiger partial charge in [-0.3, -0.25) is 14.5 Å². The summed E-state index contributed by atoms with van der Waals surface area (Å²) < 4.78 is 0. The van der Waals surface area contributed by atoms with Crippen LogP contribution in [0.5, 0.6) is 0 Å². The number of likely N-dealkylation sites (N-methyl/N-ethyl adjacent to an activating group) is 1. The summed E-state index contributed by atoms with van der Waals surface area (Å²) in [7, 11) is 1.80. The van der Waals surface area contributed by atoms with E-state index in [1.807, 2.05) is 67.7 Å². The minimum absolute atomic E-state index is 0.0452. The third-order valence-electron chi connectivity index (χ3n) is 5.68. The molecule has 1 saturated heterocycles. The van der Waals surface area contributed by atoms with E-state index < -0.39 is 0 Å². The van der Waals surface area contributed by atoms with Gasteiger partial charge in [0.2, 0.25) is 5.91 Å². The van der Waals surface area contributed by atoms with Crippen LogP contribution in [0.15, 0.2) is 60.8 Å². The lowest BCUT2D eigenvalue weighted by atomic mass is 10.00. The quantitative estimate of drug-likeness (QED) is 0.704. The maximum absolute atomic E-state index is 12.9. The van der Waals surface area contributed by atoms with Crippen molar-refractivity contribution in [1.29, 1.82) is 0 Å². The molecular formula is C23H26N4O2. The van der Waals surface area contributed by atoms with Crippen LogP contribution < -0.4 is 10.2 Å². The Morgan fingerprint density at radius 1 is 1.14 bits per heavy atom. The minimum Gasteiger partial charge on any atom is -0.361 e. The van der Waals surface area contributed by atoms with Crippen LogP contribution in [-0.4, -0.2) is 53.9 Å². The molecule has 3 aromatic rings. The van der Waals surface area contributed by atoms with Gasteiger partial charge in [0.1, 0.15) is 0 Å². The molecule has 0 bridgehead atoms. The second-order valence-corrected chi connectivity index (χ2v) is 8.01. The molecule has 1 aliphatic heterocycles. The number of amides is 2. The number of likely N-dealkylation sites (tertiary alicyclic amines) is 1. The van der Waals surface area contributed by atoms with Crippen LogP contribution in [0, 0.1) is 0 Å². The van der Waals surface area contributed by atoms with Crippen LogP contribution in [0.25, 0.3) is 10.9 Å². The molecule has 0 spiro atoms. The Kier molecular flexibility index (Phi) is 5.11. The molecule has 1 aliphatic rings. The van der Waals surface area contributed by atoms with Crippen molar-refractivity contribution in [1.82, 2.24) is 15.2 Å². The number of aromatic amines is 1. The number of hydrogen-bond acceptors (Lipinski definition) is 3. The molecule has 2 amide bonds. The van der Waals surface area contributed by atoms with Gasteiger partial charge in [-0.1, -0.05) is 24.3 Å². The number of rotatable bonds is 5. The van der Waals surface area contributed by atoms with E-state index in [-0.39, 0.29) is 17.4 Å². The molecule has 0 aliphatic carbocycles. The van der Waals surface area contributed by atoms with E-state index in [0.717, 1.165) is 29.6 Å². The van der Waals surface area contributed by atoms with Crippen molar-refractivity contribution in [3.63, 3.8) is 0 Å². The lowest BCUT2D eigenvalue weighted by molar-refractivity contribution is -0.119. The van der Waals surface area contributed by atoms with Gasteiger partial charge in [0.15, 0.2) is 0 Å². The predicted molar refractivity (Wildman–Crippen MR) is 115 cm³/mol. The third kappa shape index (κ3) is 4.03. The van der Waals surface area contributed by atoms with Crippen LogP contribution in [0.1, 0.15) is 23.7 Å². The Hall–Kier alpha value is -3.12. The van der Waals surface area contributed by atoms with Crippen LogP contribution in [0.4, 0.5) is 5.69 Å². The maximum Gasteiger partial charge on any atom is 0.252 e. The number of fused-ring (bicyclic) bond motifs is 1. The fraction of sp³-hybridized carbons (Fsp3) is 0.304. The van der Waals surface area contributed by atoms with E-state index in [1.165, 1.54) is 0 Å². The van der Waals surface area contributed by atoms with Gasteiger partial charge in [-0.25, -0.2) is 0 Å². The average Bonchev–Trinajstić information content (AvgIpc) is 3.34. The number of benzene rings is 2. The Morgan fingerprint density at radius 2 is 1.93 bits per heavy atom. The topological polar surface area (TPSA) is 68.4 Å². The van der Waals surface area contributed by atoms with Crippen LogP contribution in [-0.2, 0) is 4.79 Å². The van der Waals surface area contributed by atoms with Gasteiger partial charge in [0, 0.05) is 48.5 Å². The van der Waals surface area contributed by atoms with Crippen LogP contribution in [0.2, 0.25) is 0 Å². The Labute approximate surface area is 170 Å². The number of carbonyl (C=O) groups is 2. The van der Waals surface area contributed by atoms with Crippen molar-refractivity contribution in [2.45, 2.75) is 18.9 Å². The molecule has 1 unspecified atom stereocenters. The Morgan fingerprint density at radius 3 is 2.72 bits per heavy atom. The van der Waals surface area contributed by atoms with Crippen molar-refractivity contribution in [2.75, 3.05) is 31.6 Å². The van der Waals surface area contributed by atoms with E-state index in [0.29, 0.717) is 18.7 Å². The molecule has 6 nitrogen and oxygen atoms in total. The molecular weight excluding hydrogens is 364 g/mol. The van der Waals surface area contributed by atoms with Crippen molar-refractivity contribution in [3.05, 3.63) is 66.4 Å². The van der Waals surface area contributed by atoms with E-state index in [2.05, 4.69) is 15.2 Å². The lowest BCUT2D eigenvalue weighted by Crippen LogP contribution is -2.49. The standard InChI is InChI=1S/C23H26N4O2/c1-23(25-22(29)19-9-6-10-20-18(19)11-13-24-20)12-14-27(16-23)15-21(28)26(2)17-7-4-3-5-8-17/h3-11,13,24H,12,14-16H2,1-2H3,(H,25,29). The number of H-pyrrole nitrogens is 1. The van der Waals surface area contributed by atoms with Crippen molar-refractivity contribution in [3.8, 4) is 0 Å². The number of carbonyl (C=O) groups excluding carboxylic acids is 2. The number of aromatic nitrogens is 1. The molecule has 6 heteroatoms. The second kappa shape index (κ2) is 7.72. The van der Waals surface area contributed by atoms with Gasteiger partial charge < -0.3 is 15.2 Å². The highest BCUT2D eigenvalue weighted by Gasteiger charge is 2.36. The second-order valence-electron chi connectivity index (χ2n) is 8.01. The van der Waals surface area contributed by atoms with E-state index in [4.69, 9.17) is 0 Å². The lowest BCUT2D eigenvalue weighted by Gasteiger charge is -2.27. The summed E-state index contributed by atoms with van der Waals surface area (Å²) >= 11 is 0. The molecule has 29 heavy (non-hydrogen) atoms. The molecule has 1 atom stereocenters. The fourth-order valence-electron chi connectivity index (χ4n) is 4.01. The Balaban J connectivity index is 1.39. The monoisotopic (exact) mass is 390 g/mol. The van der Waals surface area contributed by atoms with Gasteiger partial charge in [-0.2, -0.15) is 0 Å². The zero-order chi connectivity index (χ0) is 20.4. The molecule has 4 rings (SSSR count). The van der Waals surface area contributed by atoms with Gasteiger partial charge in [0.25, 0.3) is 5.91 Å². The summed E-state index contributed by atoms with van der Waals surface area (Å²) in [5, 5.41) is 4.12. The van der Waals surface area contributed by atoms with E-state index >= 15 is 0 Å². The molecule has 2 heterocycles. The number of anilines is 1. The third-order valence-corrected chi connectivity index (χ3v) is 5.68. The highest BCUT2D eigenvalue weighted by atomic mass is 16.2. The zero-order valence-electron chi connectivity index (χ0n) is 16.8. The molecule has 1 fully saturated rings. The molecule has 1 aromatic heterocycles. The first-order chi connectivity index (χ1) is 14.0. The maximum atomic E-state index is 12.9. The van der Waals surface area contributed by atoms with Crippen molar-refractivity contribution >= 4 is 28.4 Å². The first-order valence-electron chi connectivity index (χ1n) is 9.88. The summed E-state index contributed by atoms with van der Waals surface area (Å²) in [6.45, 7) is 3.81. The van der Waals surface area contributed by atoms with Crippen molar-refractivity contribution < 1.29 is 9.59 Å². The number of nitrogens with one attached hydrogen (secondary N) is 2. The molecule has 0 radical (unpaired) electrons. The van der Waals surface area contributed by atoms with Gasteiger partial charge in [0.05, 0.1) is 12.1 Å². The molecule has 2 aromatic carbocycles. The van der Waals surface area contributed by atoms with Crippen LogP contribution in [0.3, 0.4) is 0 Å². The predicted octanol–water partition coefficient (Wildman–Crippen LogP) is 3.03. The minimum atomic E-state index is -0.360. The highest BCUT2D eigenvalue weighted by Crippen LogP contribution is 2.24. The smallest absolute Gasteiger partial charge is 0.252 e. The summed E-state index contributed by atoms with van der Waals surface area (Å²) in [4.78, 5) is 32.5. The number of hydrogen-bond donors (Lipinski definition) is 2. The van der Waals surface area contributed by atoms with Crippen LogP contribution >= 0.6 is 0 Å². The molecule has 2 N–H and O–H groups in total. The number of nitrogens with zero attached hydrogens (tertiary/aromatic N) is 2. The fourth-order valence-corrected chi connectivity index (χ4v) is 4.01. The SMILES string of the molecule is CN(C(=O)CN1CCC(C)(NC(=O)c2cccc3[nH]ccc23)C1)c1ccccc1. The largest absolute Gasteiger partial charge is 0.361 e. The first kappa shape index (κ1) is 19.2. The Bertz CT molecular complexity index is 1030. The van der Waals surface area contributed by atoms with E-state index in [1.54, 1.807) is 11.9 Å². The summed E-state index contributed by atoms with van der Waals surface area (Å²) in [5.41, 5.74) is 2.14. The normalized spacial score (nSPS) is 19.4. The zero-order valence-corrected chi connectivity index (χ0v) is 16.8. The number of para-hydroxylation sites is 1. The van der Waals surface area contributed by atoms with Crippen molar-refractivity contribution in [2.24, 2.45) is 0 Å². The highest BCUT2D eigenvalue weighted by molar-refractivity contribution is 6.06. The molecule has 0 saturated carbocycles. The van der Waals surface area contributed by atoms with Gasteiger partial charge in [-0.05, 0) is 43.7 Å². The summed E-state index contributed by atoms with van der Waals surface area (Å²) in [6, 6.07) is 17.2. The molecule has 150 valence electrons. The van der Waals surface area contributed by atoms with E-state index in [9.17, 15) is 9.59 Å². The summed E-state index contributed by atoms with van der Waals surface area (Å²) in [6.07, 6.45) is 2.65. The van der Waals surface area contributed by atoms with Gasteiger partial charge in [-0.15, -0.1) is 0 Å². The first-order valence-corrected chi connectivity index (χ1v) is 9.88.